The van der Waals surface area contributed by atoms with Gasteiger partial charge < -0.3 is 20.1 Å². The van der Waals surface area contributed by atoms with Gasteiger partial charge in [-0.05, 0) is 42.8 Å². The van der Waals surface area contributed by atoms with Crippen LogP contribution in [0.2, 0.25) is 0 Å². The van der Waals surface area contributed by atoms with Crippen molar-refractivity contribution < 1.29 is 28.2 Å². The first kappa shape index (κ1) is 23.5. The normalized spacial score (nSPS) is 11.2. The van der Waals surface area contributed by atoms with Crippen LogP contribution in [0.15, 0.2) is 72.8 Å². The molecule has 170 valence electrons. The van der Waals surface area contributed by atoms with Crippen molar-refractivity contribution in [2.45, 2.75) is 13.0 Å². The molecule has 1 atom stereocenters. The number of carbonyl (C=O) groups is 3. The second-order valence-electron chi connectivity index (χ2n) is 7.17. The van der Waals surface area contributed by atoms with Gasteiger partial charge >= 0.3 is 5.97 Å². The van der Waals surface area contributed by atoms with E-state index in [0.29, 0.717) is 17.0 Å². The number of methoxy groups -OCH3 is 1. The molecule has 33 heavy (non-hydrogen) atoms. The lowest BCUT2D eigenvalue weighted by Gasteiger charge is -2.19. The van der Waals surface area contributed by atoms with Crippen molar-refractivity contribution in [3.63, 3.8) is 0 Å². The fourth-order valence-corrected chi connectivity index (χ4v) is 3.08. The lowest BCUT2D eigenvalue weighted by molar-refractivity contribution is -0.153. The number of esters is 1. The molecule has 0 aromatic heterocycles. The Morgan fingerprint density at radius 2 is 1.73 bits per heavy atom. The van der Waals surface area contributed by atoms with Crippen molar-refractivity contribution in [3.05, 3.63) is 95.3 Å². The van der Waals surface area contributed by atoms with Crippen molar-refractivity contribution in [1.29, 1.82) is 0 Å². The van der Waals surface area contributed by atoms with E-state index in [1.165, 1.54) is 25.3 Å². The monoisotopic (exact) mass is 450 g/mol. The summed E-state index contributed by atoms with van der Waals surface area (Å²) in [5.41, 5.74) is 1.84. The van der Waals surface area contributed by atoms with E-state index in [9.17, 15) is 18.8 Å². The van der Waals surface area contributed by atoms with Crippen LogP contribution in [-0.2, 0) is 14.3 Å². The highest BCUT2D eigenvalue weighted by Crippen LogP contribution is 2.27. The molecule has 3 aromatic carbocycles. The van der Waals surface area contributed by atoms with Crippen LogP contribution in [0.1, 0.15) is 27.6 Å². The average molecular weight is 450 g/mol. The Hall–Kier alpha value is -4.20. The number of amides is 2. The van der Waals surface area contributed by atoms with Gasteiger partial charge in [0.05, 0.1) is 12.8 Å². The maximum atomic E-state index is 13.3. The number of rotatable bonds is 8. The minimum absolute atomic E-state index is 0.0618. The average Bonchev–Trinajstić information content (AvgIpc) is 2.81. The summed E-state index contributed by atoms with van der Waals surface area (Å²) in [6, 6.07) is 18.8. The van der Waals surface area contributed by atoms with Gasteiger partial charge in [-0.15, -0.1) is 0 Å². The van der Waals surface area contributed by atoms with E-state index in [1.54, 1.807) is 42.5 Å². The molecule has 0 saturated heterocycles. The number of carbonyl (C=O) groups excluding carboxylic acids is 3. The zero-order valence-electron chi connectivity index (χ0n) is 18.1. The summed E-state index contributed by atoms with van der Waals surface area (Å²) in [5.74, 6) is -2.18. The van der Waals surface area contributed by atoms with Gasteiger partial charge in [0, 0.05) is 11.1 Å². The summed E-state index contributed by atoms with van der Waals surface area (Å²) in [7, 11) is 1.48. The first-order chi connectivity index (χ1) is 15.9. The zero-order valence-corrected chi connectivity index (χ0v) is 18.1. The Morgan fingerprint density at radius 3 is 2.42 bits per heavy atom. The predicted octanol–water partition coefficient (Wildman–Crippen LogP) is 3.80. The number of ether oxygens (including phenoxy) is 2. The van der Waals surface area contributed by atoms with Gasteiger partial charge in [0.15, 0.2) is 0 Å². The summed E-state index contributed by atoms with van der Waals surface area (Å²) in [6.07, 6.45) is -1.27. The quantitative estimate of drug-likeness (QED) is 0.509. The smallest absolute Gasteiger partial charge is 0.326 e. The number of benzene rings is 3. The molecule has 0 spiro atoms. The molecule has 3 rings (SSSR count). The molecule has 0 unspecified atom stereocenters. The Bertz CT molecular complexity index is 1150. The third-order valence-electron chi connectivity index (χ3n) is 4.68. The van der Waals surface area contributed by atoms with Crippen molar-refractivity contribution in [2.24, 2.45) is 0 Å². The highest BCUT2D eigenvalue weighted by Gasteiger charge is 2.26. The molecule has 0 radical (unpaired) electrons. The van der Waals surface area contributed by atoms with E-state index >= 15 is 0 Å². The molecule has 3 aromatic rings. The zero-order chi connectivity index (χ0) is 23.8. The summed E-state index contributed by atoms with van der Waals surface area (Å²) >= 11 is 0. The predicted molar refractivity (Wildman–Crippen MR) is 120 cm³/mol. The molecular weight excluding hydrogens is 427 g/mol. The van der Waals surface area contributed by atoms with Gasteiger partial charge in [0.2, 0.25) is 6.10 Å². The minimum atomic E-state index is -1.27. The summed E-state index contributed by atoms with van der Waals surface area (Å²) in [4.78, 5) is 37.7. The molecule has 0 aliphatic carbocycles. The Kier molecular flexibility index (Phi) is 7.75. The summed E-state index contributed by atoms with van der Waals surface area (Å²) in [5, 5.41) is 5.10. The van der Waals surface area contributed by atoms with Crippen molar-refractivity contribution in [3.8, 4) is 5.75 Å². The van der Waals surface area contributed by atoms with Crippen LogP contribution >= 0.6 is 0 Å². The van der Waals surface area contributed by atoms with E-state index < -0.39 is 36.2 Å². The molecular formula is C25H23FN2O5. The summed E-state index contributed by atoms with van der Waals surface area (Å²) in [6.45, 7) is 1.37. The van der Waals surface area contributed by atoms with Crippen LogP contribution in [0.3, 0.4) is 0 Å². The van der Waals surface area contributed by atoms with E-state index in [0.717, 1.165) is 11.6 Å². The SMILES string of the molecule is COc1ccc(C)cc1NC(=O)[C@H](OC(=O)CNC(=O)c1cccc(F)c1)c1ccccc1. The lowest BCUT2D eigenvalue weighted by atomic mass is 10.1. The number of hydrogen-bond donors (Lipinski definition) is 2. The Labute approximate surface area is 190 Å². The van der Waals surface area contributed by atoms with Crippen molar-refractivity contribution in [1.82, 2.24) is 5.32 Å². The molecule has 2 N–H and O–H groups in total. The van der Waals surface area contributed by atoms with Gasteiger partial charge in [-0.3, -0.25) is 14.4 Å². The van der Waals surface area contributed by atoms with Crippen molar-refractivity contribution in [2.75, 3.05) is 19.0 Å². The van der Waals surface area contributed by atoms with E-state index in [-0.39, 0.29) is 5.56 Å². The van der Waals surface area contributed by atoms with Crippen LogP contribution in [0, 0.1) is 12.7 Å². The number of anilines is 1. The van der Waals surface area contributed by atoms with Gasteiger partial charge in [-0.2, -0.15) is 0 Å². The van der Waals surface area contributed by atoms with Gasteiger partial charge in [0.1, 0.15) is 18.1 Å². The Balaban J connectivity index is 1.72. The maximum absolute atomic E-state index is 13.3. The van der Waals surface area contributed by atoms with Gasteiger partial charge in [-0.25, -0.2) is 4.39 Å². The number of halogens is 1. The van der Waals surface area contributed by atoms with Crippen LogP contribution in [-0.4, -0.2) is 31.4 Å². The second-order valence-corrected chi connectivity index (χ2v) is 7.17. The maximum Gasteiger partial charge on any atom is 0.326 e. The molecule has 0 heterocycles. The van der Waals surface area contributed by atoms with Gasteiger partial charge in [0.25, 0.3) is 11.8 Å². The Morgan fingerprint density at radius 1 is 0.970 bits per heavy atom. The standard InChI is InChI=1S/C25H23FN2O5/c1-16-11-12-21(32-2)20(13-16)28-25(31)23(17-7-4-3-5-8-17)33-22(29)15-27-24(30)18-9-6-10-19(26)14-18/h3-14,23H,15H2,1-2H3,(H,27,30)(H,28,31)/t23-/m1/s1. The highest BCUT2D eigenvalue weighted by atomic mass is 19.1. The van der Waals surface area contributed by atoms with Crippen molar-refractivity contribution >= 4 is 23.5 Å². The number of nitrogens with one attached hydrogen (secondary N) is 2. The third kappa shape index (κ3) is 6.39. The number of aryl methyl sites for hydroxylation is 1. The highest BCUT2D eigenvalue weighted by molar-refractivity contribution is 5.98. The van der Waals surface area contributed by atoms with Crippen LogP contribution in [0.25, 0.3) is 0 Å². The third-order valence-corrected chi connectivity index (χ3v) is 4.68. The largest absolute Gasteiger partial charge is 0.495 e. The van der Waals surface area contributed by atoms with Crippen LogP contribution in [0.5, 0.6) is 5.75 Å². The van der Waals surface area contributed by atoms with E-state index in [1.807, 2.05) is 13.0 Å². The molecule has 7 nitrogen and oxygen atoms in total. The minimum Gasteiger partial charge on any atom is -0.495 e. The first-order valence-electron chi connectivity index (χ1n) is 10.1. The summed E-state index contributed by atoms with van der Waals surface area (Å²) < 4.78 is 24.0. The fraction of sp³-hybridized carbons (Fsp3) is 0.160. The topological polar surface area (TPSA) is 93.7 Å². The van der Waals surface area contributed by atoms with E-state index in [4.69, 9.17) is 9.47 Å². The molecule has 8 heteroatoms. The molecule has 0 saturated carbocycles. The van der Waals surface area contributed by atoms with Gasteiger partial charge in [-0.1, -0.05) is 42.5 Å². The van der Waals surface area contributed by atoms with E-state index in [2.05, 4.69) is 10.6 Å². The first-order valence-corrected chi connectivity index (χ1v) is 10.1. The fourth-order valence-electron chi connectivity index (χ4n) is 3.08. The van der Waals surface area contributed by atoms with Crippen LogP contribution in [0.4, 0.5) is 10.1 Å². The lowest BCUT2D eigenvalue weighted by Crippen LogP contribution is -2.33. The second kappa shape index (κ2) is 10.9. The molecule has 0 bridgehead atoms. The molecule has 0 fully saturated rings. The molecule has 0 aliphatic heterocycles. The molecule has 2 amide bonds. The molecule has 0 aliphatic rings. The van der Waals surface area contributed by atoms with Crippen LogP contribution < -0.4 is 15.4 Å². The number of hydrogen-bond acceptors (Lipinski definition) is 5.